The van der Waals surface area contributed by atoms with Gasteiger partial charge in [-0.2, -0.15) is 0 Å². The van der Waals surface area contributed by atoms with Crippen LogP contribution in [0.2, 0.25) is 0 Å². The molecule has 0 aliphatic carbocycles. The van der Waals surface area contributed by atoms with E-state index in [-0.39, 0.29) is 12.6 Å². The summed E-state index contributed by atoms with van der Waals surface area (Å²) in [4.78, 5) is 2.46. The molecule has 3 nitrogen and oxygen atoms in total. The van der Waals surface area contributed by atoms with Crippen molar-refractivity contribution in [2.24, 2.45) is 17.6 Å². The van der Waals surface area contributed by atoms with E-state index < -0.39 is 0 Å². The summed E-state index contributed by atoms with van der Waals surface area (Å²) in [6.07, 6.45) is 3.16. The molecule has 1 unspecified atom stereocenters. The predicted octanol–water partition coefficient (Wildman–Crippen LogP) is 2.09. The van der Waals surface area contributed by atoms with Crippen LogP contribution in [0.3, 0.4) is 0 Å². The van der Waals surface area contributed by atoms with Gasteiger partial charge in [0.05, 0.1) is 0 Å². The van der Waals surface area contributed by atoms with Gasteiger partial charge in [-0.25, -0.2) is 0 Å². The Balaban J connectivity index is 4.00. The van der Waals surface area contributed by atoms with Crippen LogP contribution < -0.4 is 5.73 Å². The van der Waals surface area contributed by atoms with Gasteiger partial charge in [0, 0.05) is 19.2 Å². The van der Waals surface area contributed by atoms with E-state index in [1.54, 1.807) is 0 Å². The van der Waals surface area contributed by atoms with Crippen molar-refractivity contribution in [1.29, 1.82) is 0 Å². The van der Waals surface area contributed by atoms with E-state index in [1.165, 1.54) is 12.8 Å². The zero-order valence-corrected chi connectivity index (χ0v) is 12.2. The summed E-state index contributed by atoms with van der Waals surface area (Å²) in [6.45, 7) is 12.4. The Morgan fingerprint density at radius 3 is 1.76 bits per heavy atom. The van der Waals surface area contributed by atoms with Crippen LogP contribution in [0.15, 0.2) is 0 Å². The number of aliphatic hydroxyl groups excluding tert-OH is 1. The van der Waals surface area contributed by atoms with Crippen LogP contribution in [0, 0.1) is 11.8 Å². The van der Waals surface area contributed by atoms with Crippen LogP contribution in [0.1, 0.15) is 47.0 Å². The molecule has 0 aliphatic rings. The molecule has 0 heterocycles. The number of nitrogens with zero attached hydrogens (tertiary/aromatic N) is 1. The van der Waals surface area contributed by atoms with E-state index in [0.717, 1.165) is 31.5 Å². The third-order valence-corrected chi connectivity index (χ3v) is 3.04. The Kier molecular flexibility index (Phi) is 9.79. The third kappa shape index (κ3) is 10.7. The first-order chi connectivity index (χ1) is 7.95. The average Bonchev–Trinajstić information content (AvgIpc) is 2.22. The molecule has 1 atom stereocenters. The summed E-state index contributed by atoms with van der Waals surface area (Å²) in [7, 11) is 0. The van der Waals surface area contributed by atoms with Gasteiger partial charge in [0.15, 0.2) is 0 Å². The Morgan fingerprint density at radius 2 is 1.41 bits per heavy atom. The van der Waals surface area contributed by atoms with Crippen molar-refractivity contribution in [3.05, 3.63) is 0 Å². The molecule has 0 amide bonds. The van der Waals surface area contributed by atoms with Crippen LogP contribution in [0.4, 0.5) is 0 Å². The molecule has 3 N–H and O–H groups in total. The van der Waals surface area contributed by atoms with Crippen LogP contribution in [0.25, 0.3) is 0 Å². The Bertz CT molecular complexity index is 160. The van der Waals surface area contributed by atoms with Crippen molar-refractivity contribution < 1.29 is 5.11 Å². The molecule has 0 spiro atoms. The lowest BCUT2D eigenvalue weighted by molar-refractivity contribution is 0.208. The molecule has 0 saturated heterocycles. The highest BCUT2D eigenvalue weighted by Gasteiger charge is 2.11. The van der Waals surface area contributed by atoms with Crippen molar-refractivity contribution in [3.8, 4) is 0 Å². The molecule has 0 bridgehead atoms. The van der Waals surface area contributed by atoms with Gasteiger partial charge < -0.3 is 15.7 Å². The average molecular weight is 244 g/mol. The van der Waals surface area contributed by atoms with Crippen molar-refractivity contribution in [2.75, 3.05) is 26.2 Å². The largest absolute Gasteiger partial charge is 0.396 e. The minimum absolute atomic E-state index is 0.110. The Morgan fingerprint density at radius 1 is 0.941 bits per heavy atom. The van der Waals surface area contributed by atoms with E-state index >= 15 is 0 Å². The predicted molar refractivity (Wildman–Crippen MR) is 75.0 cm³/mol. The smallest absolute Gasteiger partial charge is 0.0446 e. The summed E-state index contributed by atoms with van der Waals surface area (Å²) in [5.74, 6) is 1.48. The zero-order chi connectivity index (χ0) is 13.3. The summed E-state index contributed by atoms with van der Waals surface area (Å²) < 4.78 is 0. The van der Waals surface area contributed by atoms with E-state index in [1.807, 2.05) is 0 Å². The summed E-state index contributed by atoms with van der Waals surface area (Å²) >= 11 is 0. The maximum Gasteiger partial charge on any atom is 0.0446 e. The van der Waals surface area contributed by atoms with Gasteiger partial charge in [-0.1, -0.05) is 27.7 Å². The number of rotatable bonds is 10. The molecule has 0 aromatic rings. The second-order valence-corrected chi connectivity index (χ2v) is 5.94. The van der Waals surface area contributed by atoms with Gasteiger partial charge in [0.25, 0.3) is 0 Å². The fourth-order valence-electron chi connectivity index (χ4n) is 1.76. The zero-order valence-electron chi connectivity index (χ0n) is 12.2. The highest BCUT2D eigenvalue weighted by Crippen LogP contribution is 2.07. The van der Waals surface area contributed by atoms with Crippen molar-refractivity contribution in [3.63, 3.8) is 0 Å². The highest BCUT2D eigenvalue weighted by molar-refractivity contribution is 4.69. The number of aliphatic hydroxyl groups is 1. The standard InChI is InChI=1S/C14H32N2O/c1-12(2)5-8-16(9-6-13(3)4)11-14(15)7-10-17/h12-14,17H,5-11,15H2,1-4H3. The normalized spacial score (nSPS) is 13.9. The van der Waals surface area contributed by atoms with Crippen molar-refractivity contribution >= 4 is 0 Å². The van der Waals surface area contributed by atoms with Gasteiger partial charge in [-0.05, 0) is 44.2 Å². The van der Waals surface area contributed by atoms with Crippen LogP contribution in [-0.4, -0.2) is 42.3 Å². The quantitative estimate of drug-likeness (QED) is 0.619. The Hall–Kier alpha value is -0.120. The number of hydrogen-bond acceptors (Lipinski definition) is 3. The molecular weight excluding hydrogens is 212 g/mol. The number of hydrogen-bond donors (Lipinski definition) is 2. The maximum atomic E-state index is 8.89. The first-order valence-electron chi connectivity index (χ1n) is 7.04. The summed E-state index contributed by atoms with van der Waals surface area (Å²) in [5, 5.41) is 8.89. The minimum Gasteiger partial charge on any atom is -0.396 e. The van der Waals surface area contributed by atoms with Gasteiger partial charge in [-0.3, -0.25) is 0 Å². The second-order valence-electron chi connectivity index (χ2n) is 5.94. The van der Waals surface area contributed by atoms with Gasteiger partial charge in [0.2, 0.25) is 0 Å². The molecule has 104 valence electrons. The topological polar surface area (TPSA) is 49.5 Å². The van der Waals surface area contributed by atoms with Gasteiger partial charge in [0.1, 0.15) is 0 Å². The molecule has 0 aromatic carbocycles. The first kappa shape index (κ1) is 16.9. The van der Waals surface area contributed by atoms with Gasteiger partial charge in [-0.15, -0.1) is 0 Å². The molecule has 0 aromatic heterocycles. The van der Waals surface area contributed by atoms with Crippen molar-refractivity contribution in [2.45, 2.75) is 53.0 Å². The Labute approximate surface area is 107 Å². The number of nitrogens with two attached hydrogens (primary N) is 1. The monoisotopic (exact) mass is 244 g/mol. The fourth-order valence-corrected chi connectivity index (χ4v) is 1.76. The van der Waals surface area contributed by atoms with Crippen molar-refractivity contribution in [1.82, 2.24) is 4.90 Å². The van der Waals surface area contributed by atoms with Gasteiger partial charge >= 0.3 is 0 Å². The van der Waals surface area contributed by atoms with E-state index in [0.29, 0.717) is 6.42 Å². The van der Waals surface area contributed by atoms with Crippen LogP contribution in [0.5, 0.6) is 0 Å². The lowest BCUT2D eigenvalue weighted by Crippen LogP contribution is -2.39. The lowest BCUT2D eigenvalue weighted by atomic mass is 10.1. The van der Waals surface area contributed by atoms with E-state index in [2.05, 4.69) is 32.6 Å². The minimum atomic E-state index is 0.110. The third-order valence-electron chi connectivity index (χ3n) is 3.04. The molecule has 0 radical (unpaired) electrons. The molecule has 0 fully saturated rings. The SMILES string of the molecule is CC(C)CCN(CCC(C)C)CC(N)CCO. The molecule has 0 rings (SSSR count). The molecule has 3 heteroatoms. The molecule has 17 heavy (non-hydrogen) atoms. The first-order valence-corrected chi connectivity index (χ1v) is 7.04. The second kappa shape index (κ2) is 9.86. The summed E-state index contributed by atoms with van der Waals surface area (Å²) in [5.41, 5.74) is 6.00. The molecule has 0 aliphatic heterocycles. The molecule has 0 saturated carbocycles. The fraction of sp³-hybridized carbons (Fsp3) is 1.00. The maximum absolute atomic E-state index is 8.89. The van der Waals surface area contributed by atoms with E-state index in [9.17, 15) is 0 Å². The van der Waals surface area contributed by atoms with Crippen LogP contribution >= 0.6 is 0 Å². The van der Waals surface area contributed by atoms with E-state index in [4.69, 9.17) is 10.8 Å². The lowest BCUT2D eigenvalue weighted by Gasteiger charge is -2.26. The molecular formula is C14H32N2O. The highest BCUT2D eigenvalue weighted by atomic mass is 16.3. The van der Waals surface area contributed by atoms with Crippen LogP contribution in [-0.2, 0) is 0 Å². The summed E-state index contributed by atoms with van der Waals surface area (Å²) in [6, 6.07) is 0.110.